The third kappa shape index (κ3) is 4.29. The summed E-state index contributed by atoms with van der Waals surface area (Å²) in [5, 5.41) is 15.8. The molecule has 0 aliphatic rings. The van der Waals surface area contributed by atoms with Gasteiger partial charge < -0.3 is 14.6 Å². The highest BCUT2D eigenvalue weighted by Crippen LogP contribution is 2.27. The summed E-state index contributed by atoms with van der Waals surface area (Å²) in [6, 6.07) is 15.9. The minimum absolute atomic E-state index is 0.100. The second kappa shape index (κ2) is 8.73. The predicted molar refractivity (Wildman–Crippen MR) is 109 cm³/mol. The largest absolute Gasteiger partial charge is 0.507 e. The van der Waals surface area contributed by atoms with E-state index in [1.165, 1.54) is 6.21 Å². The number of nitrogens with one attached hydrogen (secondary N) is 1. The van der Waals surface area contributed by atoms with Crippen LogP contribution >= 0.6 is 0 Å². The molecule has 142 valence electrons. The van der Waals surface area contributed by atoms with Crippen molar-refractivity contribution in [3.05, 3.63) is 78.4 Å². The van der Waals surface area contributed by atoms with Crippen LogP contribution in [0.15, 0.2) is 72.4 Å². The summed E-state index contributed by atoms with van der Waals surface area (Å²) < 4.78 is 10.8. The zero-order valence-corrected chi connectivity index (χ0v) is 15.4. The molecule has 0 saturated carbocycles. The number of nitrogens with zero attached hydrogens (tertiary/aromatic N) is 1. The summed E-state index contributed by atoms with van der Waals surface area (Å²) in [4.78, 5) is 12.4. The molecule has 0 aliphatic carbocycles. The molecule has 3 aromatic rings. The standard InChI is InChI=1S/C22H20N2O4/c1-3-10-28-20-9-8-15(11-21(20)27-2)14-23-24-22(26)18-12-16-6-4-5-7-17(16)13-19(18)25/h3-9,11-14,25H,1,10H2,2H3,(H,24,26)/b23-14+. The fourth-order valence-corrected chi connectivity index (χ4v) is 2.67. The van der Waals surface area contributed by atoms with Crippen molar-refractivity contribution in [2.75, 3.05) is 13.7 Å². The Bertz CT molecular complexity index is 1040. The van der Waals surface area contributed by atoms with Gasteiger partial charge in [-0.25, -0.2) is 5.43 Å². The number of aromatic hydroxyl groups is 1. The molecule has 1 amide bonds. The van der Waals surface area contributed by atoms with Crippen molar-refractivity contribution in [1.82, 2.24) is 5.43 Å². The molecule has 0 unspecified atom stereocenters. The zero-order valence-electron chi connectivity index (χ0n) is 15.4. The molecule has 0 aliphatic heterocycles. The van der Waals surface area contributed by atoms with Gasteiger partial charge in [-0.3, -0.25) is 4.79 Å². The number of phenols is 1. The summed E-state index contributed by atoms with van der Waals surface area (Å²) in [5.74, 6) is 0.531. The van der Waals surface area contributed by atoms with Gasteiger partial charge in [0, 0.05) is 0 Å². The third-order valence-corrected chi connectivity index (χ3v) is 4.03. The van der Waals surface area contributed by atoms with Gasteiger partial charge in [-0.05, 0) is 46.7 Å². The van der Waals surface area contributed by atoms with Crippen LogP contribution in [0.2, 0.25) is 0 Å². The Morgan fingerprint density at radius 1 is 1.14 bits per heavy atom. The highest BCUT2D eigenvalue weighted by Gasteiger charge is 2.12. The number of benzene rings is 3. The van der Waals surface area contributed by atoms with Gasteiger partial charge in [0.15, 0.2) is 11.5 Å². The van der Waals surface area contributed by atoms with Crippen LogP contribution in [0.5, 0.6) is 17.2 Å². The Morgan fingerprint density at radius 2 is 1.89 bits per heavy atom. The fourth-order valence-electron chi connectivity index (χ4n) is 2.67. The number of carbonyl (C=O) groups is 1. The first-order chi connectivity index (χ1) is 13.6. The lowest BCUT2D eigenvalue weighted by Crippen LogP contribution is -2.17. The van der Waals surface area contributed by atoms with E-state index >= 15 is 0 Å². The van der Waals surface area contributed by atoms with Crippen LogP contribution in [-0.2, 0) is 0 Å². The van der Waals surface area contributed by atoms with E-state index in [-0.39, 0.29) is 11.3 Å². The Morgan fingerprint density at radius 3 is 2.61 bits per heavy atom. The number of hydrogen-bond donors (Lipinski definition) is 2. The maximum atomic E-state index is 12.4. The van der Waals surface area contributed by atoms with Crippen LogP contribution in [0.3, 0.4) is 0 Å². The van der Waals surface area contributed by atoms with Gasteiger partial charge in [0.05, 0.1) is 18.9 Å². The molecular weight excluding hydrogens is 356 g/mol. The summed E-state index contributed by atoms with van der Waals surface area (Å²) in [5.41, 5.74) is 3.29. The van der Waals surface area contributed by atoms with Gasteiger partial charge in [0.1, 0.15) is 12.4 Å². The van der Waals surface area contributed by atoms with Crippen molar-refractivity contribution in [3.8, 4) is 17.2 Å². The lowest BCUT2D eigenvalue weighted by molar-refractivity contribution is 0.0952. The van der Waals surface area contributed by atoms with E-state index in [9.17, 15) is 9.90 Å². The van der Waals surface area contributed by atoms with E-state index in [0.29, 0.717) is 23.7 Å². The van der Waals surface area contributed by atoms with Crippen LogP contribution in [0.25, 0.3) is 10.8 Å². The number of ether oxygens (including phenoxy) is 2. The van der Waals surface area contributed by atoms with Crippen LogP contribution in [-0.4, -0.2) is 30.9 Å². The summed E-state index contributed by atoms with van der Waals surface area (Å²) in [7, 11) is 1.54. The number of amides is 1. The zero-order chi connectivity index (χ0) is 19.9. The van der Waals surface area contributed by atoms with E-state index in [4.69, 9.17) is 9.47 Å². The molecule has 2 N–H and O–H groups in total. The van der Waals surface area contributed by atoms with Crippen molar-refractivity contribution in [2.45, 2.75) is 0 Å². The lowest BCUT2D eigenvalue weighted by Gasteiger charge is -2.09. The van der Waals surface area contributed by atoms with Gasteiger partial charge >= 0.3 is 0 Å². The minimum atomic E-state index is -0.502. The van der Waals surface area contributed by atoms with Gasteiger partial charge in [0.25, 0.3) is 5.91 Å². The van der Waals surface area contributed by atoms with E-state index in [1.807, 2.05) is 24.3 Å². The molecule has 3 rings (SSSR count). The third-order valence-electron chi connectivity index (χ3n) is 4.03. The number of methoxy groups -OCH3 is 1. The molecule has 0 heterocycles. The predicted octanol–water partition coefficient (Wildman–Crippen LogP) is 3.88. The summed E-state index contributed by atoms with van der Waals surface area (Å²) in [6.45, 7) is 3.98. The summed E-state index contributed by atoms with van der Waals surface area (Å²) in [6.07, 6.45) is 3.13. The maximum absolute atomic E-state index is 12.4. The van der Waals surface area contributed by atoms with Crippen molar-refractivity contribution in [1.29, 1.82) is 0 Å². The average molecular weight is 376 g/mol. The van der Waals surface area contributed by atoms with Gasteiger partial charge in [-0.1, -0.05) is 36.9 Å². The smallest absolute Gasteiger partial charge is 0.275 e. The van der Waals surface area contributed by atoms with Crippen molar-refractivity contribution in [3.63, 3.8) is 0 Å². The Hall–Kier alpha value is -3.80. The van der Waals surface area contributed by atoms with E-state index in [2.05, 4.69) is 17.1 Å². The normalized spacial score (nSPS) is 10.8. The van der Waals surface area contributed by atoms with Crippen molar-refractivity contribution < 1.29 is 19.4 Å². The first kappa shape index (κ1) is 19.0. The van der Waals surface area contributed by atoms with E-state index in [0.717, 1.165) is 10.8 Å². The SMILES string of the molecule is C=CCOc1ccc(/C=N/NC(=O)c2cc3ccccc3cc2O)cc1OC. The van der Waals surface area contributed by atoms with Crippen molar-refractivity contribution >= 4 is 22.9 Å². The van der Waals surface area contributed by atoms with Crippen LogP contribution < -0.4 is 14.9 Å². The molecule has 6 heteroatoms. The molecule has 0 aromatic heterocycles. The first-order valence-electron chi connectivity index (χ1n) is 8.59. The van der Waals surface area contributed by atoms with E-state index in [1.54, 1.807) is 43.5 Å². The number of hydrazone groups is 1. The van der Waals surface area contributed by atoms with Gasteiger partial charge in [-0.15, -0.1) is 0 Å². The Balaban J connectivity index is 1.73. The first-order valence-corrected chi connectivity index (χ1v) is 8.59. The molecule has 0 spiro atoms. The highest BCUT2D eigenvalue weighted by molar-refractivity contribution is 6.01. The van der Waals surface area contributed by atoms with Crippen LogP contribution in [0.1, 0.15) is 15.9 Å². The van der Waals surface area contributed by atoms with Crippen molar-refractivity contribution in [2.24, 2.45) is 5.10 Å². The molecule has 3 aromatic carbocycles. The molecular formula is C22H20N2O4. The van der Waals surface area contributed by atoms with Gasteiger partial charge in [0.2, 0.25) is 0 Å². The number of fused-ring (bicyclic) bond motifs is 1. The molecule has 0 saturated heterocycles. The topological polar surface area (TPSA) is 80.2 Å². The number of phenolic OH excluding ortho intramolecular Hbond substituents is 1. The number of rotatable bonds is 7. The van der Waals surface area contributed by atoms with Crippen LogP contribution in [0.4, 0.5) is 0 Å². The minimum Gasteiger partial charge on any atom is -0.507 e. The molecule has 0 fully saturated rings. The number of hydrogen-bond acceptors (Lipinski definition) is 5. The quantitative estimate of drug-likeness (QED) is 0.373. The lowest BCUT2D eigenvalue weighted by atomic mass is 10.1. The molecule has 0 atom stereocenters. The monoisotopic (exact) mass is 376 g/mol. The van der Waals surface area contributed by atoms with E-state index < -0.39 is 5.91 Å². The second-order valence-electron chi connectivity index (χ2n) is 5.93. The molecule has 28 heavy (non-hydrogen) atoms. The summed E-state index contributed by atoms with van der Waals surface area (Å²) >= 11 is 0. The highest BCUT2D eigenvalue weighted by atomic mass is 16.5. The second-order valence-corrected chi connectivity index (χ2v) is 5.93. The molecule has 0 radical (unpaired) electrons. The molecule has 6 nitrogen and oxygen atoms in total. The number of carbonyl (C=O) groups excluding carboxylic acids is 1. The van der Waals surface area contributed by atoms with Gasteiger partial charge in [-0.2, -0.15) is 5.10 Å². The fraction of sp³-hybridized carbons (Fsp3) is 0.0909. The molecule has 0 bridgehead atoms. The van der Waals surface area contributed by atoms with Crippen LogP contribution in [0, 0.1) is 0 Å². The Kier molecular flexibility index (Phi) is 5.91. The Labute approximate surface area is 162 Å². The average Bonchev–Trinajstić information content (AvgIpc) is 2.72. The maximum Gasteiger partial charge on any atom is 0.275 e.